The molecule has 8 heteroatoms. The van der Waals surface area contributed by atoms with Gasteiger partial charge >= 0.3 is 0 Å². The number of aliphatic hydroxyl groups excluding tert-OH is 1. The number of fused-ring (bicyclic) bond motifs is 1. The highest BCUT2D eigenvalue weighted by molar-refractivity contribution is 5.90. The summed E-state index contributed by atoms with van der Waals surface area (Å²) in [5.74, 6) is 0.803. The van der Waals surface area contributed by atoms with Gasteiger partial charge in [0.15, 0.2) is 5.82 Å². The number of aliphatic hydroxyl groups is 1. The van der Waals surface area contributed by atoms with Gasteiger partial charge in [0.25, 0.3) is 5.56 Å². The number of carbonyl (C=O) groups is 1. The Morgan fingerprint density at radius 2 is 1.78 bits per heavy atom. The van der Waals surface area contributed by atoms with E-state index in [9.17, 15) is 14.7 Å². The van der Waals surface area contributed by atoms with Crippen molar-refractivity contribution in [3.05, 3.63) is 81.3 Å². The molecule has 36 heavy (non-hydrogen) atoms. The second-order valence-electron chi connectivity index (χ2n) is 10.2. The quantitative estimate of drug-likeness (QED) is 0.417. The van der Waals surface area contributed by atoms with Gasteiger partial charge in [0.1, 0.15) is 6.54 Å². The highest BCUT2D eigenvalue weighted by Crippen LogP contribution is 2.47. The SMILES string of the molecule is Cc1ccc(NC(=O)Cn2c(C)c(C3CC3)c(=O)n3nc(-c4ccc(C5(CO)CC5)cc4)nc23)cc1. The smallest absolute Gasteiger partial charge is 0.279 e. The maximum Gasteiger partial charge on any atom is 0.279 e. The molecule has 2 heterocycles. The van der Waals surface area contributed by atoms with Gasteiger partial charge < -0.3 is 15.0 Å². The van der Waals surface area contributed by atoms with Crippen molar-refractivity contribution in [3.8, 4) is 11.4 Å². The first-order chi connectivity index (χ1) is 17.4. The summed E-state index contributed by atoms with van der Waals surface area (Å²) in [5.41, 5.74) is 4.95. The third kappa shape index (κ3) is 3.91. The topological polar surface area (TPSA) is 102 Å². The summed E-state index contributed by atoms with van der Waals surface area (Å²) >= 11 is 0. The number of benzene rings is 2. The van der Waals surface area contributed by atoms with Gasteiger partial charge in [-0.15, -0.1) is 5.10 Å². The molecule has 0 radical (unpaired) electrons. The van der Waals surface area contributed by atoms with Crippen molar-refractivity contribution in [3.63, 3.8) is 0 Å². The molecular formula is C28H29N5O3. The van der Waals surface area contributed by atoms with E-state index in [2.05, 4.69) is 10.4 Å². The average molecular weight is 484 g/mol. The van der Waals surface area contributed by atoms with E-state index in [1.807, 2.05) is 62.4 Å². The lowest BCUT2D eigenvalue weighted by molar-refractivity contribution is -0.116. The summed E-state index contributed by atoms with van der Waals surface area (Å²) in [4.78, 5) is 31.1. The van der Waals surface area contributed by atoms with Gasteiger partial charge in [-0.1, -0.05) is 42.0 Å². The molecule has 4 aromatic rings. The van der Waals surface area contributed by atoms with E-state index in [1.165, 1.54) is 4.52 Å². The van der Waals surface area contributed by atoms with Gasteiger partial charge in [0.05, 0.1) is 6.61 Å². The number of amides is 1. The second-order valence-corrected chi connectivity index (χ2v) is 10.2. The Hall–Kier alpha value is -3.78. The van der Waals surface area contributed by atoms with E-state index < -0.39 is 0 Å². The molecular weight excluding hydrogens is 454 g/mol. The summed E-state index contributed by atoms with van der Waals surface area (Å²) in [5, 5.41) is 17.3. The Balaban J connectivity index is 1.38. The van der Waals surface area contributed by atoms with Crippen LogP contribution in [0.1, 0.15) is 54.0 Å². The predicted octanol–water partition coefficient (Wildman–Crippen LogP) is 3.71. The molecule has 0 spiro atoms. The third-order valence-electron chi connectivity index (χ3n) is 7.58. The second kappa shape index (κ2) is 8.41. The van der Waals surface area contributed by atoms with Crippen LogP contribution in [-0.4, -0.2) is 36.8 Å². The van der Waals surface area contributed by atoms with Crippen LogP contribution in [0.5, 0.6) is 0 Å². The normalized spacial score (nSPS) is 16.3. The van der Waals surface area contributed by atoms with E-state index in [0.717, 1.165) is 59.3 Å². The van der Waals surface area contributed by atoms with Crippen LogP contribution in [-0.2, 0) is 16.8 Å². The van der Waals surface area contributed by atoms with Crippen LogP contribution in [0.25, 0.3) is 17.2 Å². The number of nitrogens with one attached hydrogen (secondary N) is 1. The summed E-state index contributed by atoms with van der Waals surface area (Å²) in [6.45, 7) is 4.06. The molecule has 0 saturated heterocycles. The molecule has 0 aliphatic heterocycles. The summed E-state index contributed by atoms with van der Waals surface area (Å²) in [6, 6.07) is 15.5. The number of hydrogen-bond donors (Lipinski definition) is 2. The van der Waals surface area contributed by atoms with Crippen molar-refractivity contribution in [1.29, 1.82) is 0 Å². The van der Waals surface area contributed by atoms with E-state index in [0.29, 0.717) is 11.6 Å². The Labute approximate surface area is 208 Å². The molecule has 0 unspecified atom stereocenters. The molecule has 2 saturated carbocycles. The largest absolute Gasteiger partial charge is 0.395 e. The number of aryl methyl sites for hydroxylation is 1. The van der Waals surface area contributed by atoms with Gasteiger partial charge in [0.2, 0.25) is 11.7 Å². The molecule has 8 nitrogen and oxygen atoms in total. The Bertz CT molecular complexity index is 1520. The third-order valence-corrected chi connectivity index (χ3v) is 7.58. The van der Waals surface area contributed by atoms with Crippen LogP contribution < -0.4 is 10.9 Å². The van der Waals surface area contributed by atoms with Crippen molar-refractivity contribution in [1.82, 2.24) is 19.2 Å². The molecule has 2 aromatic carbocycles. The van der Waals surface area contributed by atoms with E-state index in [1.54, 1.807) is 4.57 Å². The van der Waals surface area contributed by atoms with Crippen molar-refractivity contribution < 1.29 is 9.90 Å². The molecule has 2 fully saturated rings. The highest BCUT2D eigenvalue weighted by Gasteiger charge is 2.43. The minimum Gasteiger partial charge on any atom is -0.395 e. The minimum atomic E-state index is -0.193. The zero-order chi connectivity index (χ0) is 25.0. The van der Waals surface area contributed by atoms with Gasteiger partial charge in [-0.25, -0.2) is 0 Å². The molecule has 2 aliphatic carbocycles. The van der Waals surface area contributed by atoms with Crippen LogP contribution >= 0.6 is 0 Å². The zero-order valence-corrected chi connectivity index (χ0v) is 20.5. The average Bonchev–Trinajstić information content (AvgIpc) is 3.81. The maximum atomic E-state index is 13.4. The van der Waals surface area contributed by atoms with Crippen molar-refractivity contribution in [2.75, 3.05) is 11.9 Å². The van der Waals surface area contributed by atoms with Crippen LogP contribution in [0, 0.1) is 13.8 Å². The fraction of sp³-hybridized carbons (Fsp3) is 0.357. The lowest BCUT2D eigenvalue weighted by Crippen LogP contribution is -2.29. The van der Waals surface area contributed by atoms with E-state index >= 15 is 0 Å². The number of carbonyl (C=O) groups excluding carboxylic acids is 1. The first-order valence-electron chi connectivity index (χ1n) is 12.5. The van der Waals surface area contributed by atoms with Crippen molar-refractivity contribution in [2.24, 2.45) is 0 Å². The molecule has 2 N–H and O–H groups in total. The van der Waals surface area contributed by atoms with Crippen LogP contribution in [0.3, 0.4) is 0 Å². The first kappa shape index (κ1) is 22.7. The van der Waals surface area contributed by atoms with Crippen LogP contribution in [0.2, 0.25) is 0 Å². The fourth-order valence-electron chi connectivity index (χ4n) is 4.98. The molecule has 6 rings (SSSR count). The van der Waals surface area contributed by atoms with Gasteiger partial charge in [0, 0.05) is 27.9 Å². The van der Waals surface area contributed by atoms with E-state index in [4.69, 9.17) is 4.98 Å². The van der Waals surface area contributed by atoms with Crippen LogP contribution in [0.4, 0.5) is 5.69 Å². The molecule has 2 aromatic heterocycles. The molecule has 0 bridgehead atoms. The molecule has 184 valence electrons. The van der Waals surface area contributed by atoms with Gasteiger partial charge in [-0.2, -0.15) is 9.50 Å². The number of aromatic nitrogens is 4. The number of hydrogen-bond acceptors (Lipinski definition) is 5. The molecule has 0 atom stereocenters. The Morgan fingerprint density at radius 3 is 2.39 bits per heavy atom. The summed E-state index contributed by atoms with van der Waals surface area (Å²) in [6.07, 6.45) is 3.91. The van der Waals surface area contributed by atoms with Crippen molar-refractivity contribution in [2.45, 2.75) is 57.4 Å². The standard InChI is InChI=1S/C28H29N5O3/c1-17-3-11-22(12-4-17)29-23(35)15-32-18(2)24(19-5-6-19)26(36)33-27(32)30-25(31-33)20-7-9-21(10-8-20)28(16-34)13-14-28/h3-4,7-12,19,34H,5-6,13-16H2,1-2H3,(H,29,35). The molecule has 1 amide bonds. The molecule has 2 aliphatic rings. The van der Waals surface area contributed by atoms with Gasteiger partial charge in [-0.05, 0) is 63.1 Å². The summed E-state index contributed by atoms with van der Waals surface area (Å²) in [7, 11) is 0. The predicted molar refractivity (Wildman–Crippen MR) is 137 cm³/mol. The number of nitrogens with zero attached hydrogens (tertiary/aromatic N) is 4. The first-order valence-corrected chi connectivity index (χ1v) is 12.5. The minimum absolute atomic E-state index is 0.0271. The Kier molecular flexibility index (Phi) is 5.30. The van der Waals surface area contributed by atoms with Crippen LogP contribution in [0.15, 0.2) is 53.3 Å². The zero-order valence-electron chi connectivity index (χ0n) is 20.5. The lowest BCUT2D eigenvalue weighted by Gasteiger charge is -2.15. The lowest BCUT2D eigenvalue weighted by atomic mass is 9.96. The van der Waals surface area contributed by atoms with Gasteiger partial charge in [-0.3, -0.25) is 9.59 Å². The Morgan fingerprint density at radius 1 is 1.08 bits per heavy atom. The highest BCUT2D eigenvalue weighted by atomic mass is 16.3. The number of anilines is 1. The summed E-state index contributed by atoms with van der Waals surface area (Å²) < 4.78 is 3.15. The number of rotatable bonds is 7. The van der Waals surface area contributed by atoms with E-state index in [-0.39, 0.29) is 36.0 Å². The van der Waals surface area contributed by atoms with Crippen molar-refractivity contribution >= 4 is 17.4 Å². The maximum absolute atomic E-state index is 13.4. The monoisotopic (exact) mass is 483 g/mol. The fourth-order valence-corrected chi connectivity index (χ4v) is 4.98.